The molecule has 4 nitrogen and oxygen atoms in total. The summed E-state index contributed by atoms with van der Waals surface area (Å²) in [6.07, 6.45) is 0. The Morgan fingerprint density at radius 3 is 2.19 bits per heavy atom. The molecule has 2 N–H and O–H groups in total. The van der Waals surface area contributed by atoms with Crippen LogP contribution in [0.3, 0.4) is 0 Å². The van der Waals surface area contributed by atoms with E-state index >= 15 is 0 Å². The minimum Gasteiger partial charge on any atom is -0.462 e. The van der Waals surface area contributed by atoms with Gasteiger partial charge in [-0.3, -0.25) is 0 Å². The van der Waals surface area contributed by atoms with E-state index in [0.717, 1.165) is 18.8 Å². The van der Waals surface area contributed by atoms with E-state index in [1.54, 1.807) is 19.1 Å². The highest BCUT2D eigenvalue weighted by Crippen LogP contribution is 2.26. The van der Waals surface area contributed by atoms with Gasteiger partial charge in [0, 0.05) is 13.1 Å². The van der Waals surface area contributed by atoms with E-state index in [1.807, 2.05) is 6.07 Å². The minimum absolute atomic E-state index is 0.324. The highest BCUT2D eigenvalue weighted by atomic mass is 16.5. The van der Waals surface area contributed by atoms with Crippen molar-refractivity contribution < 1.29 is 9.53 Å². The van der Waals surface area contributed by atoms with Gasteiger partial charge in [0.25, 0.3) is 0 Å². The third-order valence-corrected chi connectivity index (χ3v) is 3.05. The molecule has 0 atom stereocenters. The van der Waals surface area contributed by atoms with E-state index in [-0.39, 0.29) is 5.97 Å². The Balaban J connectivity index is 3.01. The predicted octanol–water partition coefficient (Wildman–Crippen LogP) is 3.56. The predicted molar refractivity (Wildman–Crippen MR) is 88.7 cm³/mol. The highest BCUT2D eigenvalue weighted by molar-refractivity contribution is 5.92. The molecule has 0 radical (unpaired) electrons. The van der Waals surface area contributed by atoms with Gasteiger partial charge in [0.05, 0.1) is 23.5 Å². The number of carbonyl (C=O) groups is 1. The molecule has 0 heterocycles. The van der Waals surface area contributed by atoms with Crippen LogP contribution in [0.4, 0.5) is 11.4 Å². The van der Waals surface area contributed by atoms with Crippen molar-refractivity contribution in [3.05, 3.63) is 23.8 Å². The molecule has 0 saturated heterocycles. The summed E-state index contributed by atoms with van der Waals surface area (Å²) in [6, 6.07) is 5.42. The van der Waals surface area contributed by atoms with Gasteiger partial charge in [-0.2, -0.15) is 0 Å². The summed E-state index contributed by atoms with van der Waals surface area (Å²) < 4.78 is 5.00. The number of hydrogen-bond donors (Lipinski definition) is 1. The number of nitrogen functional groups attached to an aromatic ring is 1. The van der Waals surface area contributed by atoms with Crippen molar-refractivity contribution in [1.82, 2.24) is 0 Å². The van der Waals surface area contributed by atoms with Gasteiger partial charge in [-0.15, -0.1) is 0 Å². The van der Waals surface area contributed by atoms with Crippen LogP contribution in [0.15, 0.2) is 18.2 Å². The van der Waals surface area contributed by atoms with Gasteiger partial charge < -0.3 is 15.4 Å². The Bertz CT molecular complexity index is 460. The van der Waals surface area contributed by atoms with E-state index in [0.29, 0.717) is 29.7 Å². The van der Waals surface area contributed by atoms with Crippen LogP contribution < -0.4 is 10.6 Å². The zero-order valence-electron chi connectivity index (χ0n) is 13.8. The molecule has 0 aliphatic carbocycles. The Kier molecular flexibility index (Phi) is 6.53. The van der Waals surface area contributed by atoms with Crippen LogP contribution in [0, 0.1) is 11.8 Å². The SMILES string of the molecule is CCOC(=O)c1ccc(N(CC(C)C)CC(C)C)c(N)c1. The van der Waals surface area contributed by atoms with E-state index < -0.39 is 0 Å². The Morgan fingerprint density at radius 1 is 1.19 bits per heavy atom. The maximum absolute atomic E-state index is 11.7. The summed E-state index contributed by atoms with van der Waals surface area (Å²) >= 11 is 0. The molecule has 0 amide bonds. The van der Waals surface area contributed by atoms with E-state index in [9.17, 15) is 4.79 Å². The van der Waals surface area contributed by atoms with Crippen LogP contribution in [0.2, 0.25) is 0 Å². The molecular formula is C17H28N2O2. The molecule has 0 bridgehead atoms. The topological polar surface area (TPSA) is 55.6 Å². The molecule has 0 saturated carbocycles. The minimum atomic E-state index is -0.324. The smallest absolute Gasteiger partial charge is 0.338 e. The lowest BCUT2D eigenvalue weighted by Crippen LogP contribution is -2.32. The first-order valence-corrected chi connectivity index (χ1v) is 7.66. The molecule has 0 unspecified atom stereocenters. The van der Waals surface area contributed by atoms with Crippen molar-refractivity contribution in [2.24, 2.45) is 11.8 Å². The molecule has 0 aromatic heterocycles. The van der Waals surface area contributed by atoms with E-state index in [1.165, 1.54) is 0 Å². The average Bonchev–Trinajstić information content (AvgIpc) is 2.36. The third-order valence-electron chi connectivity index (χ3n) is 3.05. The fourth-order valence-corrected chi connectivity index (χ4v) is 2.34. The molecule has 21 heavy (non-hydrogen) atoms. The first kappa shape index (κ1) is 17.3. The second-order valence-electron chi connectivity index (χ2n) is 6.19. The van der Waals surface area contributed by atoms with Gasteiger partial charge in [-0.1, -0.05) is 27.7 Å². The Morgan fingerprint density at radius 2 is 1.76 bits per heavy atom. The van der Waals surface area contributed by atoms with Gasteiger partial charge in [0.2, 0.25) is 0 Å². The fourth-order valence-electron chi connectivity index (χ4n) is 2.34. The first-order chi connectivity index (χ1) is 9.85. The molecule has 1 rings (SSSR count). The molecule has 118 valence electrons. The van der Waals surface area contributed by atoms with Crippen molar-refractivity contribution in [2.45, 2.75) is 34.6 Å². The normalized spacial score (nSPS) is 11.0. The number of rotatable bonds is 7. The van der Waals surface area contributed by atoms with Crippen molar-refractivity contribution in [2.75, 3.05) is 30.3 Å². The number of nitrogens with two attached hydrogens (primary N) is 1. The summed E-state index contributed by atoms with van der Waals surface area (Å²) in [7, 11) is 0. The van der Waals surface area contributed by atoms with Crippen molar-refractivity contribution in [3.8, 4) is 0 Å². The molecule has 4 heteroatoms. The lowest BCUT2D eigenvalue weighted by Gasteiger charge is -2.29. The van der Waals surface area contributed by atoms with Gasteiger partial charge in [-0.05, 0) is 37.0 Å². The lowest BCUT2D eigenvalue weighted by atomic mass is 10.1. The Hall–Kier alpha value is -1.71. The average molecular weight is 292 g/mol. The number of anilines is 2. The lowest BCUT2D eigenvalue weighted by molar-refractivity contribution is 0.0526. The summed E-state index contributed by atoms with van der Waals surface area (Å²) in [5, 5.41) is 0. The maximum atomic E-state index is 11.7. The van der Waals surface area contributed by atoms with Crippen LogP contribution >= 0.6 is 0 Å². The van der Waals surface area contributed by atoms with E-state index in [2.05, 4.69) is 32.6 Å². The zero-order valence-corrected chi connectivity index (χ0v) is 13.8. The molecule has 0 aliphatic rings. The van der Waals surface area contributed by atoms with E-state index in [4.69, 9.17) is 10.5 Å². The van der Waals surface area contributed by atoms with Gasteiger partial charge in [0.1, 0.15) is 0 Å². The third kappa shape index (κ3) is 5.29. The zero-order chi connectivity index (χ0) is 16.0. The number of nitrogens with zero attached hydrogens (tertiary/aromatic N) is 1. The molecule has 1 aromatic carbocycles. The highest BCUT2D eigenvalue weighted by Gasteiger charge is 2.15. The standard InChI is InChI=1S/C17H28N2O2/c1-6-21-17(20)14-7-8-16(15(18)9-14)19(10-12(2)3)11-13(4)5/h7-9,12-13H,6,10-11,18H2,1-5H3. The maximum Gasteiger partial charge on any atom is 0.338 e. The summed E-state index contributed by atoms with van der Waals surface area (Å²) in [5.74, 6) is 0.774. The summed E-state index contributed by atoms with van der Waals surface area (Å²) in [5.41, 5.74) is 8.28. The first-order valence-electron chi connectivity index (χ1n) is 7.66. The number of carbonyl (C=O) groups excluding carboxylic acids is 1. The molecule has 0 aliphatic heterocycles. The number of esters is 1. The largest absolute Gasteiger partial charge is 0.462 e. The Labute approximate surface area is 128 Å². The van der Waals surface area contributed by atoms with Crippen LogP contribution in [-0.2, 0) is 4.74 Å². The molecule has 1 aromatic rings. The molecular weight excluding hydrogens is 264 g/mol. The van der Waals surface area contributed by atoms with Crippen molar-refractivity contribution in [1.29, 1.82) is 0 Å². The van der Waals surface area contributed by atoms with Gasteiger partial charge in [-0.25, -0.2) is 4.79 Å². The summed E-state index contributed by atoms with van der Waals surface area (Å²) in [4.78, 5) is 14.0. The van der Waals surface area contributed by atoms with Crippen LogP contribution in [0.1, 0.15) is 45.0 Å². The van der Waals surface area contributed by atoms with Crippen molar-refractivity contribution >= 4 is 17.3 Å². The van der Waals surface area contributed by atoms with Crippen LogP contribution in [-0.4, -0.2) is 25.7 Å². The van der Waals surface area contributed by atoms with Gasteiger partial charge >= 0.3 is 5.97 Å². The number of hydrogen-bond acceptors (Lipinski definition) is 4. The second-order valence-corrected chi connectivity index (χ2v) is 6.19. The molecule has 0 fully saturated rings. The molecule has 0 spiro atoms. The fraction of sp³-hybridized carbons (Fsp3) is 0.588. The van der Waals surface area contributed by atoms with Crippen molar-refractivity contribution in [3.63, 3.8) is 0 Å². The second kappa shape index (κ2) is 7.91. The van der Waals surface area contributed by atoms with Crippen LogP contribution in [0.25, 0.3) is 0 Å². The number of benzene rings is 1. The monoisotopic (exact) mass is 292 g/mol. The quantitative estimate of drug-likeness (QED) is 0.616. The number of ether oxygens (including phenoxy) is 1. The summed E-state index contributed by atoms with van der Waals surface area (Å²) in [6.45, 7) is 12.8. The van der Waals surface area contributed by atoms with Crippen LogP contribution in [0.5, 0.6) is 0 Å². The van der Waals surface area contributed by atoms with Gasteiger partial charge in [0.15, 0.2) is 0 Å².